The number of phenolic OH excluding ortho intramolecular Hbond substituents is 1. The lowest BCUT2D eigenvalue weighted by Gasteiger charge is -2.02. The van der Waals surface area contributed by atoms with Gasteiger partial charge in [0, 0.05) is 5.56 Å². The molecule has 0 aliphatic heterocycles. The quantitative estimate of drug-likeness (QED) is 0.638. The zero-order valence-electron chi connectivity index (χ0n) is 7.12. The van der Waals surface area contributed by atoms with Crippen molar-refractivity contribution < 1.29 is 9.90 Å². The normalized spacial score (nSPS) is 9.14. The topological polar surface area (TPSA) is 73.1 Å². The number of benzene rings is 1. The van der Waals surface area contributed by atoms with Gasteiger partial charge in [0.1, 0.15) is 12.3 Å². The molecule has 4 nitrogen and oxygen atoms in total. The number of aromatic hydroxyl groups is 1. The molecule has 0 aromatic heterocycles. The lowest BCUT2D eigenvalue weighted by Crippen LogP contribution is -2.23. The maximum atomic E-state index is 11.3. The molecule has 0 heterocycles. The third-order valence-corrected chi connectivity index (χ3v) is 2.45. The van der Waals surface area contributed by atoms with E-state index in [1.807, 2.05) is 22.6 Å². The minimum Gasteiger partial charge on any atom is -0.507 e. The van der Waals surface area contributed by atoms with Crippen molar-refractivity contribution in [2.75, 3.05) is 6.54 Å². The summed E-state index contributed by atoms with van der Waals surface area (Å²) in [6, 6.07) is 6.40. The first-order valence-electron chi connectivity index (χ1n) is 3.79. The van der Waals surface area contributed by atoms with E-state index in [2.05, 4.69) is 5.32 Å². The highest BCUT2D eigenvalue weighted by Crippen LogP contribution is 2.20. The Labute approximate surface area is 94.7 Å². The molecule has 0 fully saturated rings. The summed E-state index contributed by atoms with van der Waals surface area (Å²) in [5, 5.41) is 19.9. The predicted octanol–water partition coefficient (Wildman–Crippen LogP) is 1.25. The summed E-state index contributed by atoms with van der Waals surface area (Å²) in [5.41, 5.74) is 0.346. The monoisotopic (exact) mass is 302 g/mol. The average molecular weight is 302 g/mol. The van der Waals surface area contributed by atoms with E-state index in [-0.39, 0.29) is 18.2 Å². The van der Waals surface area contributed by atoms with Crippen LogP contribution in [-0.2, 0) is 0 Å². The van der Waals surface area contributed by atoms with Crippen molar-refractivity contribution in [3.8, 4) is 11.8 Å². The van der Waals surface area contributed by atoms with Crippen molar-refractivity contribution in [3.05, 3.63) is 27.3 Å². The van der Waals surface area contributed by atoms with Gasteiger partial charge in [-0.05, 0) is 40.8 Å². The van der Waals surface area contributed by atoms with E-state index in [1.165, 1.54) is 6.07 Å². The fourth-order valence-electron chi connectivity index (χ4n) is 0.876. The number of amides is 1. The smallest absolute Gasteiger partial charge is 0.252 e. The molecule has 0 unspecified atom stereocenters. The van der Waals surface area contributed by atoms with Gasteiger partial charge in [-0.15, -0.1) is 0 Å². The second kappa shape index (κ2) is 4.81. The number of halogens is 1. The first-order valence-corrected chi connectivity index (χ1v) is 4.86. The van der Waals surface area contributed by atoms with Crippen molar-refractivity contribution >= 4 is 28.5 Å². The Hall–Kier alpha value is -1.29. The zero-order chi connectivity index (χ0) is 10.6. The molecular formula is C9H7IN2O2. The van der Waals surface area contributed by atoms with Gasteiger partial charge < -0.3 is 10.4 Å². The third kappa shape index (κ3) is 2.60. The predicted molar refractivity (Wildman–Crippen MR) is 58.8 cm³/mol. The van der Waals surface area contributed by atoms with Gasteiger partial charge in [-0.2, -0.15) is 5.26 Å². The highest BCUT2D eigenvalue weighted by atomic mass is 127. The highest BCUT2D eigenvalue weighted by molar-refractivity contribution is 14.1. The van der Waals surface area contributed by atoms with Crippen LogP contribution >= 0.6 is 22.6 Å². The summed E-state index contributed by atoms with van der Waals surface area (Å²) in [7, 11) is 0. The fraction of sp³-hybridized carbons (Fsp3) is 0.111. The second-order valence-electron chi connectivity index (χ2n) is 2.51. The third-order valence-electron chi connectivity index (χ3n) is 1.54. The van der Waals surface area contributed by atoms with Crippen LogP contribution in [0.4, 0.5) is 0 Å². The van der Waals surface area contributed by atoms with Crippen LogP contribution in [0, 0.1) is 14.9 Å². The van der Waals surface area contributed by atoms with E-state index in [1.54, 1.807) is 18.2 Å². The van der Waals surface area contributed by atoms with Crippen molar-refractivity contribution in [3.63, 3.8) is 0 Å². The highest BCUT2D eigenvalue weighted by Gasteiger charge is 2.06. The number of nitrogens with zero attached hydrogens (tertiary/aromatic N) is 1. The van der Waals surface area contributed by atoms with Crippen LogP contribution < -0.4 is 5.32 Å². The molecule has 0 atom stereocenters. The number of carbonyl (C=O) groups is 1. The summed E-state index contributed by atoms with van der Waals surface area (Å²) in [6.45, 7) is -0.0361. The van der Waals surface area contributed by atoms with E-state index in [9.17, 15) is 9.90 Å². The number of rotatable bonds is 2. The molecule has 0 aliphatic carbocycles. The van der Waals surface area contributed by atoms with Gasteiger partial charge in [0.15, 0.2) is 0 Å². The number of phenols is 1. The zero-order valence-corrected chi connectivity index (χ0v) is 9.28. The summed E-state index contributed by atoms with van der Waals surface area (Å²) in [5.74, 6) is -0.298. The Balaban J connectivity index is 2.82. The van der Waals surface area contributed by atoms with Gasteiger partial charge in [-0.3, -0.25) is 4.79 Å². The molecule has 0 radical (unpaired) electrons. The number of hydrogen-bond acceptors (Lipinski definition) is 3. The van der Waals surface area contributed by atoms with Crippen LogP contribution in [0.1, 0.15) is 10.4 Å². The molecule has 5 heteroatoms. The molecule has 0 saturated heterocycles. The van der Waals surface area contributed by atoms with E-state index >= 15 is 0 Å². The molecule has 0 aliphatic rings. The molecule has 2 N–H and O–H groups in total. The summed E-state index contributed by atoms with van der Waals surface area (Å²) < 4.78 is 0.680. The van der Waals surface area contributed by atoms with Crippen LogP contribution in [0.5, 0.6) is 5.75 Å². The largest absolute Gasteiger partial charge is 0.507 e. The molecule has 1 amide bonds. The standard InChI is InChI=1S/C9H7IN2O2/c10-7-2-1-6(5-8(7)13)9(14)12-4-3-11/h1-2,5,13H,4H2,(H,12,14). The van der Waals surface area contributed by atoms with Gasteiger partial charge in [-0.25, -0.2) is 0 Å². The van der Waals surface area contributed by atoms with E-state index < -0.39 is 0 Å². The van der Waals surface area contributed by atoms with Crippen molar-refractivity contribution in [1.29, 1.82) is 5.26 Å². The van der Waals surface area contributed by atoms with Crippen molar-refractivity contribution in [2.24, 2.45) is 0 Å². The maximum absolute atomic E-state index is 11.3. The van der Waals surface area contributed by atoms with Gasteiger partial charge >= 0.3 is 0 Å². The van der Waals surface area contributed by atoms with Gasteiger partial charge in [0.05, 0.1) is 9.64 Å². The average Bonchev–Trinajstić information content (AvgIpc) is 2.18. The first-order chi connectivity index (χ1) is 6.65. The molecule has 72 valence electrons. The molecule has 0 bridgehead atoms. The molecular weight excluding hydrogens is 295 g/mol. The SMILES string of the molecule is N#CCNC(=O)c1ccc(I)c(O)c1. The maximum Gasteiger partial charge on any atom is 0.252 e. The Kier molecular flexibility index (Phi) is 3.71. The lowest BCUT2D eigenvalue weighted by molar-refractivity contribution is 0.0958. The minimum atomic E-state index is -0.363. The summed E-state index contributed by atoms with van der Waals surface area (Å²) >= 11 is 1.96. The van der Waals surface area contributed by atoms with Crippen LogP contribution in [0.25, 0.3) is 0 Å². The summed E-state index contributed by atoms with van der Waals surface area (Å²) in [6.07, 6.45) is 0. The van der Waals surface area contributed by atoms with Gasteiger partial charge in [-0.1, -0.05) is 0 Å². The van der Waals surface area contributed by atoms with Crippen molar-refractivity contribution in [1.82, 2.24) is 5.32 Å². The Morgan fingerprint density at radius 1 is 1.64 bits per heavy atom. The lowest BCUT2D eigenvalue weighted by atomic mass is 10.2. The van der Waals surface area contributed by atoms with Gasteiger partial charge in [0.2, 0.25) is 0 Å². The minimum absolute atomic E-state index is 0.0361. The molecule has 1 aromatic rings. The van der Waals surface area contributed by atoms with Crippen LogP contribution in [0.15, 0.2) is 18.2 Å². The van der Waals surface area contributed by atoms with Crippen LogP contribution in [0.2, 0.25) is 0 Å². The van der Waals surface area contributed by atoms with E-state index in [0.29, 0.717) is 9.13 Å². The first kappa shape index (κ1) is 10.8. The molecule has 0 saturated carbocycles. The van der Waals surface area contributed by atoms with E-state index in [0.717, 1.165) is 0 Å². The number of nitrogens with one attached hydrogen (secondary N) is 1. The Morgan fingerprint density at radius 2 is 2.36 bits per heavy atom. The number of nitriles is 1. The van der Waals surface area contributed by atoms with E-state index in [4.69, 9.17) is 5.26 Å². The van der Waals surface area contributed by atoms with Crippen molar-refractivity contribution in [2.45, 2.75) is 0 Å². The molecule has 1 aromatic carbocycles. The number of carbonyl (C=O) groups excluding carboxylic acids is 1. The summed E-state index contributed by atoms with van der Waals surface area (Å²) in [4.78, 5) is 11.3. The van der Waals surface area contributed by atoms with Crippen LogP contribution in [-0.4, -0.2) is 17.6 Å². The Morgan fingerprint density at radius 3 is 2.93 bits per heavy atom. The molecule has 1 rings (SSSR count). The van der Waals surface area contributed by atoms with Gasteiger partial charge in [0.25, 0.3) is 5.91 Å². The van der Waals surface area contributed by atoms with Crippen LogP contribution in [0.3, 0.4) is 0 Å². The molecule has 0 spiro atoms. The fourth-order valence-corrected chi connectivity index (χ4v) is 1.21. The Bertz CT molecular complexity index is 398. The number of hydrogen-bond donors (Lipinski definition) is 2. The molecule has 14 heavy (non-hydrogen) atoms. The second-order valence-corrected chi connectivity index (χ2v) is 3.67.